The van der Waals surface area contributed by atoms with Crippen LogP contribution in [0.1, 0.15) is 64.5 Å². The molecule has 3 aliphatic heterocycles. The quantitative estimate of drug-likeness (QED) is 0.437. The van der Waals surface area contributed by atoms with Gasteiger partial charge in [0.05, 0.1) is 25.3 Å². The van der Waals surface area contributed by atoms with Crippen molar-refractivity contribution in [2.75, 3.05) is 14.2 Å². The Labute approximate surface area is 218 Å². The highest BCUT2D eigenvalue weighted by Gasteiger charge is 2.66. The number of hydrogen-bond acceptors (Lipinski definition) is 9. The Kier molecular flexibility index (Phi) is 5.97. The fraction of sp³-hybridized carbons (Fsp3) is 0.571. The van der Waals surface area contributed by atoms with Crippen LogP contribution in [0.2, 0.25) is 0 Å². The lowest BCUT2D eigenvalue weighted by Crippen LogP contribution is -2.57. The molecule has 3 aliphatic rings. The zero-order chi connectivity index (χ0) is 26.6. The Morgan fingerprint density at radius 3 is 1.32 bits per heavy atom. The minimum atomic E-state index is -1.19. The molecular formula is C28H36N6O3. The van der Waals surface area contributed by atoms with E-state index in [1.54, 1.807) is 14.2 Å². The largest absolute Gasteiger partial charge is 0.497 e. The maximum atomic E-state index is 6.79. The van der Waals surface area contributed by atoms with Crippen molar-refractivity contribution in [2.24, 2.45) is 30.7 Å². The summed E-state index contributed by atoms with van der Waals surface area (Å²) in [6, 6.07) is 15.2. The van der Waals surface area contributed by atoms with Gasteiger partial charge in [-0.15, -0.1) is 0 Å². The van der Waals surface area contributed by atoms with Gasteiger partial charge in [-0.05, 0) is 76.9 Å². The van der Waals surface area contributed by atoms with E-state index in [-0.39, 0.29) is 11.8 Å². The van der Waals surface area contributed by atoms with Crippen LogP contribution in [-0.4, -0.2) is 48.8 Å². The predicted octanol–water partition coefficient (Wildman–Crippen LogP) is 6.71. The zero-order valence-electron chi connectivity index (χ0n) is 22.8. The number of azo groups is 3. The molecule has 0 spiro atoms. The van der Waals surface area contributed by atoms with Gasteiger partial charge < -0.3 is 14.2 Å². The van der Waals surface area contributed by atoms with Gasteiger partial charge in [0.15, 0.2) is 5.72 Å². The van der Waals surface area contributed by atoms with Crippen LogP contribution >= 0.6 is 0 Å². The van der Waals surface area contributed by atoms with Gasteiger partial charge in [0.1, 0.15) is 23.6 Å². The highest BCUT2D eigenvalue weighted by Crippen LogP contribution is 2.56. The van der Waals surface area contributed by atoms with E-state index >= 15 is 0 Å². The summed E-state index contributed by atoms with van der Waals surface area (Å²) < 4.78 is 17.6. The van der Waals surface area contributed by atoms with E-state index in [0.29, 0.717) is 0 Å². The summed E-state index contributed by atoms with van der Waals surface area (Å²) in [5.74, 6) is 1.34. The fourth-order valence-electron chi connectivity index (χ4n) is 5.95. The molecule has 37 heavy (non-hydrogen) atoms. The van der Waals surface area contributed by atoms with Gasteiger partial charge in [-0.2, -0.15) is 30.7 Å². The zero-order valence-corrected chi connectivity index (χ0v) is 22.8. The summed E-state index contributed by atoms with van der Waals surface area (Å²) in [5, 5.41) is 28.6. The first kappa shape index (κ1) is 25.4. The Bertz CT molecular complexity index is 1150. The molecule has 0 aromatic heterocycles. The molecule has 9 heteroatoms. The lowest BCUT2D eigenvalue weighted by molar-refractivity contribution is -0.127. The summed E-state index contributed by atoms with van der Waals surface area (Å²) in [6.07, 6.45) is 0. The minimum Gasteiger partial charge on any atom is -0.497 e. The lowest BCUT2D eigenvalue weighted by Gasteiger charge is -2.42. The van der Waals surface area contributed by atoms with Crippen molar-refractivity contribution in [2.45, 2.75) is 88.0 Å². The molecule has 9 nitrogen and oxygen atoms in total. The van der Waals surface area contributed by atoms with Crippen LogP contribution in [0.3, 0.4) is 0 Å². The van der Waals surface area contributed by atoms with Crippen molar-refractivity contribution in [3.63, 3.8) is 0 Å². The average molecular weight is 505 g/mol. The smallest absolute Gasteiger partial charge is 0.231 e. The average Bonchev–Trinajstić information content (AvgIpc) is 3.49. The van der Waals surface area contributed by atoms with E-state index in [1.807, 2.05) is 38.1 Å². The van der Waals surface area contributed by atoms with Gasteiger partial charge in [-0.3, -0.25) is 0 Å². The van der Waals surface area contributed by atoms with E-state index in [1.165, 1.54) is 0 Å². The number of rotatable bonds is 6. The van der Waals surface area contributed by atoms with E-state index in [4.69, 9.17) is 39.8 Å². The van der Waals surface area contributed by atoms with Gasteiger partial charge >= 0.3 is 0 Å². The number of ether oxygens (including phenoxy) is 3. The van der Waals surface area contributed by atoms with Crippen LogP contribution in [0.15, 0.2) is 79.2 Å². The first-order chi connectivity index (χ1) is 17.4. The Morgan fingerprint density at radius 2 is 1.00 bits per heavy atom. The normalized spacial score (nSPS) is 30.1. The third kappa shape index (κ3) is 4.23. The summed E-state index contributed by atoms with van der Waals surface area (Å²) in [5.41, 5.74) is -0.831. The summed E-state index contributed by atoms with van der Waals surface area (Å²) >= 11 is 0. The Hall–Kier alpha value is -3.20. The molecule has 0 bridgehead atoms. The van der Waals surface area contributed by atoms with Crippen LogP contribution in [0.25, 0.3) is 0 Å². The van der Waals surface area contributed by atoms with E-state index in [9.17, 15) is 0 Å². The molecule has 5 rings (SSSR count). The summed E-state index contributed by atoms with van der Waals surface area (Å²) in [6.45, 7) is 12.2. The number of methoxy groups -OCH3 is 2. The molecule has 0 amide bonds. The first-order valence-corrected chi connectivity index (χ1v) is 12.7. The van der Waals surface area contributed by atoms with Crippen LogP contribution in [0, 0.1) is 0 Å². The van der Waals surface area contributed by atoms with Crippen LogP contribution in [0.5, 0.6) is 11.5 Å². The second-order valence-corrected chi connectivity index (χ2v) is 11.6. The van der Waals surface area contributed by atoms with Gasteiger partial charge in [-0.1, -0.05) is 24.3 Å². The molecule has 0 fully saturated rings. The number of hydrogen-bond donors (Lipinski definition) is 0. The van der Waals surface area contributed by atoms with Crippen LogP contribution in [-0.2, 0) is 4.74 Å². The van der Waals surface area contributed by atoms with Crippen LogP contribution in [0.4, 0.5) is 0 Å². The molecule has 0 saturated carbocycles. The minimum absolute atomic E-state index is 0.123. The molecule has 0 N–H and O–H groups in total. The Morgan fingerprint density at radius 1 is 0.595 bits per heavy atom. The number of nitrogens with zero attached hydrogens (tertiary/aromatic N) is 6. The van der Waals surface area contributed by atoms with Crippen molar-refractivity contribution in [3.05, 3.63) is 59.7 Å². The molecule has 0 radical (unpaired) electrons. The molecule has 0 unspecified atom stereocenters. The maximum Gasteiger partial charge on any atom is 0.231 e. The van der Waals surface area contributed by atoms with E-state index < -0.39 is 34.6 Å². The van der Waals surface area contributed by atoms with Crippen molar-refractivity contribution in [1.82, 2.24) is 0 Å². The van der Waals surface area contributed by atoms with Gasteiger partial charge in [-0.25, -0.2) is 0 Å². The second kappa shape index (κ2) is 8.68. The highest BCUT2D eigenvalue weighted by atomic mass is 16.6. The molecule has 2 aromatic carbocycles. The van der Waals surface area contributed by atoms with E-state index in [0.717, 1.165) is 22.6 Å². The first-order valence-electron chi connectivity index (χ1n) is 12.7. The summed E-state index contributed by atoms with van der Waals surface area (Å²) in [4.78, 5) is 0. The molecule has 196 valence electrons. The SMILES string of the molecule is COc1ccc([C@@H]2[C@@H](C3([C@H]4N=NC(C)(C)[C@@H]4c4ccc(OC)cc4)N=NC(C)(C)O3)N=NC2(C)C)cc1. The van der Waals surface area contributed by atoms with Crippen molar-refractivity contribution >= 4 is 0 Å². The second-order valence-electron chi connectivity index (χ2n) is 11.6. The topological polar surface area (TPSA) is 102 Å². The third-order valence-electron chi connectivity index (χ3n) is 7.69. The van der Waals surface area contributed by atoms with Crippen molar-refractivity contribution in [1.29, 1.82) is 0 Å². The molecule has 2 aromatic rings. The van der Waals surface area contributed by atoms with E-state index in [2.05, 4.69) is 57.1 Å². The van der Waals surface area contributed by atoms with Crippen molar-refractivity contribution in [3.8, 4) is 11.5 Å². The monoisotopic (exact) mass is 504 g/mol. The summed E-state index contributed by atoms with van der Waals surface area (Å²) in [7, 11) is 3.33. The van der Waals surface area contributed by atoms with Crippen molar-refractivity contribution < 1.29 is 14.2 Å². The number of benzene rings is 2. The van der Waals surface area contributed by atoms with Gasteiger partial charge in [0.2, 0.25) is 5.72 Å². The maximum absolute atomic E-state index is 6.79. The predicted molar refractivity (Wildman–Crippen MR) is 140 cm³/mol. The molecule has 3 heterocycles. The molecular weight excluding hydrogens is 468 g/mol. The highest BCUT2D eigenvalue weighted by molar-refractivity contribution is 5.38. The Balaban J connectivity index is 1.63. The fourth-order valence-corrected chi connectivity index (χ4v) is 5.95. The van der Waals surface area contributed by atoms with Gasteiger partial charge in [0, 0.05) is 11.8 Å². The van der Waals surface area contributed by atoms with Crippen LogP contribution < -0.4 is 9.47 Å². The van der Waals surface area contributed by atoms with Gasteiger partial charge in [0.25, 0.3) is 0 Å². The lowest BCUT2D eigenvalue weighted by atomic mass is 9.69. The molecule has 0 aliphatic carbocycles. The standard InChI is InChI=1S/C28H36N6O3/c1-25(2)21(17-9-13-19(35-7)14-10-17)23(29-31-25)28(34-33-27(5,6)37-28)24-22(26(3,4)32-30-24)18-11-15-20(36-8)16-12-18/h9-16,21-24H,1-8H3/t21-,22-,23+,24+/m1/s1. The molecule has 4 atom stereocenters. The third-order valence-corrected chi connectivity index (χ3v) is 7.69. The molecule has 0 saturated heterocycles.